The van der Waals surface area contributed by atoms with E-state index in [1.165, 1.54) is 0 Å². The molecule has 0 radical (unpaired) electrons. The van der Waals surface area contributed by atoms with Gasteiger partial charge in [-0.2, -0.15) is 0 Å². The number of aromatic nitrogens is 3. The SMILES string of the molecule is CCNC(=NCc1cc(Cl)c(Cl)n1C)NCc1nccn1CC(C)C.I. The third kappa shape index (κ3) is 6.35. The minimum atomic E-state index is 0. The second-order valence-electron chi connectivity index (χ2n) is 6.27. The van der Waals surface area contributed by atoms with Crippen molar-refractivity contribution in [3.8, 4) is 0 Å². The lowest BCUT2D eigenvalue weighted by Gasteiger charge is -2.14. The Balaban J connectivity index is 0.00000338. The number of halogens is 3. The van der Waals surface area contributed by atoms with E-state index in [0.717, 1.165) is 30.6 Å². The molecule has 0 atom stereocenters. The lowest BCUT2D eigenvalue weighted by Crippen LogP contribution is -2.37. The van der Waals surface area contributed by atoms with Gasteiger partial charge in [0.25, 0.3) is 0 Å². The summed E-state index contributed by atoms with van der Waals surface area (Å²) < 4.78 is 4.00. The van der Waals surface area contributed by atoms with Crippen LogP contribution in [0.1, 0.15) is 32.3 Å². The van der Waals surface area contributed by atoms with Gasteiger partial charge >= 0.3 is 0 Å². The second-order valence-corrected chi connectivity index (χ2v) is 7.04. The molecule has 2 heterocycles. The first-order chi connectivity index (χ1) is 11.9. The topological polar surface area (TPSA) is 59.2 Å². The largest absolute Gasteiger partial charge is 0.357 e. The zero-order valence-electron chi connectivity index (χ0n) is 15.6. The maximum Gasteiger partial charge on any atom is 0.192 e. The number of nitrogens with zero attached hydrogens (tertiary/aromatic N) is 4. The molecule has 2 N–H and O–H groups in total. The zero-order chi connectivity index (χ0) is 18.4. The third-order valence-corrected chi connectivity index (χ3v) is 4.58. The van der Waals surface area contributed by atoms with Crippen LogP contribution in [-0.2, 0) is 26.7 Å². The van der Waals surface area contributed by atoms with Gasteiger partial charge in [-0.05, 0) is 18.9 Å². The van der Waals surface area contributed by atoms with Crippen LogP contribution in [0.15, 0.2) is 23.5 Å². The first kappa shape index (κ1) is 23.1. The molecule has 6 nitrogen and oxygen atoms in total. The van der Waals surface area contributed by atoms with Gasteiger partial charge in [-0.1, -0.05) is 37.0 Å². The van der Waals surface area contributed by atoms with Gasteiger partial charge in [0.1, 0.15) is 11.0 Å². The van der Waals surface area contributed by atoms with Crippen LogP contribution in [-0.4, -0.2) is 26.6 Å². The fourth-order valence-electron chi connectivity index (χ4n) is 2.47. The third-order valence-electron chi connectivity index (χ3n) is 3.74. The van der Waals surface area contributed by atoms with Gasteiger partial charge in [-0.15, -0.1) is 24.0 Å². The van der Waals surface area contributed by atoms with E-state index in [1.807, 2.05) is 37.0 Å². The predicted molar refractivity (Wildman–Crippen MR) is 120 cm³/mol. The minimum absolute atomic E-state index is 0. The van der Waals surface area contributed by atoms with Crippen LogP contribution in [0.25, 0.3) is 0 Å². The van der Waals surface area contributed by atoms with E-state index in [9.17, 15) is 0 Å². The number of hydrogen-bond acceptors (Lipinski definition) is 2. The number of aliphatic imine (C=N–C) groups is 1. The molecule has 0 amide bonds. The Kier molecular flexibility index (Phi) is 9.81. The highest BCUT2D eigenvalue weighted by Crippen LogP contribution is 2.25. The summed E-state index contributed by atoms with van der Waals surface area (Å²) in [6.07, 6.45) is 3.84. The smallest absolute Gasteiger partial charge is 0.192 e. The summed E-state index contributed by atoms with van der Waals surface area (Å²) in [5.41, 5.74) is 0.952. The predicted octanol–water partition coefficient (Wildman–Crippen LogP) is 4.06. The first-order valence-corrected chi connectivity index (χ1v) is 9.19. The summed E-state index contributed by atoms with van der Waals surface area (Å²) in [7, 11) is 1.88. The van der Waals surface area contributed by atoms with Crippen molar-refractivity contribution >= 4 is 53.1 Å². The average molecular weight is 513 g/mol. The van der Waals surface area contributed by atoms with Crippen LogP contribution in [0.2, 0.25) is 10.2 Å². The summed E-state index contributed by atoms with van der Waals surface area (Å²) in [5.74, 6) is 2.29. The summed E-state index contributed by atoms with van der Waals surface area (Å²) >= 11 is 12.2. The van der Waals surface area contributed by atoms with E-state index >= 15 is 0 Å². The average Bonchev–Trinajstić information content (AvgIpc) is 3.09. The van der Waals surface area contributed by atoms with Gasteiger partial charge < -0.3 is 19.8 Å². The molecule has 0 saturated carbocycles. The van der Waals surface area contributed by atoms with E-state index in [2.05, 4.69) is 39.0 Å². The Morgan fingerprint density at radius 3 is 2.62 bits per heavy atom. The minimum Gasteiger partial charge on any atom is -0.357 e. The van der Waals surface area contributed by atoms with Crippen LogP contribution in [0.5, 0.6) is 0 Å². The van der Waals surface area contributed by atoms with Crippen molar-refractivity contribution in [2.24, 2.45) is 18.0 Å². The Morgan fingerprint density at radius 1 is 1.31 bits per heavy atom. The molecule has 0 spiro atoms. The monoisotopic (exact) mass is 512 g/mol. The molecular weight excluding hydrogens is 486 g/mol. The lowest BCUT2D eigenvalue weighted by molar-refractivity contribution is 0.503. The quantitative estimate of drug-likeness (QED) is 0.334. The molecule has 2 aromatic rings. The van der Waals surface area contributed by atoms with E-state index in [1.54, 1.807) is 0 Å². The van der Waals surface area contributed by atoms with Crippen LogP contribution in [0.4, 0.5) is 0 Å². The summed E-state index contributed by atoms with van der Waals surface area (Å²) in [6.45, 7) is 9.25. The highest BCUT2D eigenvalue weighted by atomic mass is 127. The number of rotatable bonds is 7. The molecule has 26 heavy (non-hydrogen) atoms. The molecule has 2 aromatic heterocycles. The molecule has 0 aliphatic rings. The molecule has 0 fully saturated rings. The Morgan fingerprint density at radius 2 is 2.04 bits per heavy atom. The molecule has 0 aliphatic heterocycles. The molecule has 146 valence electrons. The first-order valence-electron chi connectivity index (χ1n) is 8.44. The molecule has 2 rings (SSSR count). The molecular formula is C17H27Cl2IN6. The van der Waals surface area contributed by atoms with E-state index in [0.29, 0.717) is 29.2 Å². The molecule has 0 aromatic carbocycles. The van der Waals surface area contributed by atoms with Crippen molar-refractivity contribution in [2.75, 3.05) is 6.54 Å². The summed E-state index contributed by atoms with van der Waals surface area (Å²) in [4.78, 5) is 9.04. The van der Waals surface area contributed by atoms with Gasteiger partial charge in [0.2, 0.25) is 0 Å². The van der Waals surface area contributed by atoms with Crippen LogP contribution >= 0.6 is 47.2 Å². The summed E-state index contributed by atoms with van der Waals surface area (Å²) in [6, 6.07) is 1.84. The maximum atomic E-state index is 6.10. The fraction of sp³-hybridized carbons (Fsp3) is 0.529. The summed E-state index contributed by atoms with van der Waals surface area (Å²) in [5, 5.41) is 7.64. The van der Waals surface area contributed by atoms with Gasteiger partial charge in [0.05, 0.1) is 18.1 Å². The van der Waals surface area contributed by atoms with Gasteiger partial charge in [-0.3, -0.25) is 0 Å². The van der Waals surface area contributed by atoms with Crippen LogP contribution in [0.3, 0.4) is 0 Å². The van der Waals surface area contributed by atoms with Gasteiger partial charge in [0, 0.05) is 38.2 Å². The number of hydrogen-bond donors (Lipinski definition) is 2. The van der Waals surface area contributed by atoms with E-state index in [-0.39, 0.29) is 24.0 Å². The Labute approximate surface area is 182 Å². The van der Waals surface area contributed by atoms with Crippen molar-refractivity contribution in [2.45, 2.75) is 40.4 Å². The van der Waals surface area contributed by atoms with Crippen molar-refractivity contribution in [1.29, 1.82) is 0 Å². The van der Waals surface area contributed by atoms with Crippen molar-refractivity contribution in [1.82, 2.24) is 24.8 Å². The van der Waals surface area contributed by atoms with Crippen LogP contribution in [0, 0.1) is 5.92 Å². The molecule has 0 saturated heterocycles. The number of guanidine groups is 1. The van der Waals surface area contributed by atoms with Crippen molar-refractivity contribution in [3.63, 3.8) is 0 Å². The zero-order valence-corrected chi connectivity index (χ0v) is 19.4. The molecule has 0 unspecified atom stereocenters. The van der Waals surface area contributed by atoms with Gasteiger partial charge in [0.15, 0.2) is 5.96 Å². The number of imidazole rings is 1. The van der Waals surface area contributed by atoms with Gasteiger partial charge in [-0.25, -0.2) is 9.98 Å². The van der Waals surface area contributed by atoms with Crippen molar-refractivity contribution < 1.29 is 0 Å². The molecule has 0 aliphatic carbocycles. The highest BCUT2D eigenvalue weighted by molar-refractivity contribution is 14.0. The molecule has 9 heteroatoms. The normalized spacial score (nSPS) is 11.6. The van der Waals surface area contributed by atoms with E-state index < -0.39 is 0 Å². The van der Waals surface area contributed by atoms with Crippen molar-refractivity contribution in [3.05, 3.63) is 40.2 Å². The molecule has 0 bridgehead atoms. The van der Waals surface area contributed by atoms with E-state index in [4.69, 9.17) is 23.2 Å². The highest BCUT2D eigenvalue weighted by Gasteiger charge is 2.09. The lowest BCUT2D eigenvalue weighted by atomic mass is 10.2. The Hall–Kier alpha value is -0.930. The Bertz CT molecular complexity index is 723. The fourth-order valence-corrected chi connectivity index (χ4v) is 2.89. The maximum absolute atomic E-state index is 6.10. The van der Waals surface area contributed by atoms with Crippen LogP contribution < -0.4 is 10.6 Å². The number of nitrogens with one attached hydrogen (secondary N) is 2. The second kappa shape index (κ2) is 11.0. The standard InChI is InChI=1S/C17H26Cl2N6.HI/c1-5-20-17(22-9-13-8-14(18)16(19)24(13)4)23-10-15-21-6-7-25(15)11-12(2)3;/h6-8,12H,5,9-11H2,1-4H3,(H2,20,22,23);1H.